The molecule has 0 aliphatic heterocycles. The summed E-state index contributed by atoms with van der Waals surface area (Å²) in [6, 6.07) is 10.1. The van der Waals surface area contributed by atoms with Crippen LogP contribution < -0.4 is 14.8 Å². The molecule has 0 atom stereocenters. The summed E-state index contributed by atoms with van der Waals surface area (Å²) in [7, 11) is -1.06. The third kappa shape index (κ3) is 4.00. The van der Waals surface area contributed by atoms with E-state index in [1.807, 2.05) is 32.0 Å². The zero-order valence-electron chi connectivity index (χ0n) is 14.7. The van der Waals surface area contributed by atoms with Gasteiger partial charge in [-0.25, -0.2) is 13.1 Å². The number of carbonyl (C=O) groups is 1. The Morgan fingerprint density at radius 2 is 1.92 bits per heavy atom. The second-order valence-electron chi connectivity index (χ2n) is 5.49. The van der Waals surface area contributed by atoms with Gasteiger partial charge in [-0.05, 0) is 49.7 Å². The molecule has 0 saturated heterocycles. The van der Waals surface area contributed by atoms with E-state index in [2.05, 4.69) is 10.0 Å². The zero-order chi connectivity index (χ0) is 18.6. The second-order valence-corrected chi connectivity index (χ2v) is 7.34. The van der Waals surface area contributed by atoms with Crippen LogP contribution >= 0.6 is 0 Å². The van der Waals surface area contributed by atoms with E-state index in [9.17, 15) is 13.2 Å². The normalized spacial score (nSPS) is 11.2. The Labute approximate surface area is 148 Å². The predicted octanol–water partition coefficient (Wildman–Crippen LogP) is 2.73. The van der Waals surface area contributed by atoms with Crippen molar-refractivity contribution in [2.45, 2.75) is 25.2 Å². The SMILES string of the molecule is CCc1cccc(C)c1NC(=O)c1ccc(OC)c(S(=O)(=O)NC)c1. The van der Waals surface area contributed by atoms with Crippen molar-refractivity contribution < 1.29 is 17.9 Å². The molecule has 0 unspecified atom stereocenters. The molecule has 6 nitrogen and oxygen atoms in total. The molecule has 134 valence electrons. The van der Waals surface area contributed by atoms with E-state index >= 15 is 0 Å². The number of hydrogen-bond donors (Lipinski definition) is 2. The molecule has 25 heavy (non-hydrogen) atoms. The number of hydrogen-bond acceptors (Lipinski definition) is 4. The fourth-order valence-corrected chi connectivity index (χ4v) is 3.44. The van der Waals surface area contributed by atoms with Crippen molar-refractivity contribution in [2.75, 3.05) is 19.5 Å². The number of carbonyl (C=O) groups excluding carboxylic acids is 1. The first kappa shape index (κ1) is 19.0. The molecule has 0 aliphatic carbocycles. The Kier molecular flexibility index (Phi) is 5.81. The van der Waals surface area contributed by atoms with Gasteiger partial charge in [0.1, 0.15) is 10.6 Å². The largest absolute Gasteiger partial charge is 0.495 e. The number of ether oxygens (including phenoxy) is 1. The van der Waals surface area contributed by atoms with E-state index in [1.54, 1.807) is 0 Å². The van der Waals surface area contributed by atoms with Gasteiger partial charge in [0.05, 0.1) is 7.11 Å². The summed E-state index contributed by atoms with van der Waals surface area (Å²) in [6.07, 6.45) is 0.777. The van der Waals surface area contributed by atoms with Gasteiger partial charge >= 0.3 is 0 Å². The summed E-state index contributed by atoms with van der Waals surface area (Å²) in [4.78, 5) is 12.6. The molecule has 0 spiro atoms. The van der Waals surface area contributed by atoms with E-state index in [4.69, 9.17) is 4.74 Å². The average molecular weight is 362 g/mol. The fourth-order valence-electron chi connectivity index (χ4n) is 2.53. The lowest BCUT2D eigenvalue weighted by Gasteiger charge is -2.14. The van der Waals surface area contributed by atoms with Crippen molar-refractivity contribution in [2.24, 2.45) is 0 Å². The number of methoxy groups -OCH3 is 1. The smallest absolute Gasteiger partial charge is 0.255 e. The number of para-hydroxylation sites is 1. The number of aryl methyl sites for hydroxylation is 2. The molecule has 2 rings (SSSR count). The highest BCUT2D eigenvalue weighted by molar-refractivity contribution is 7.89. The van der Waals surface area contributed by atoms with Crippen LogP contribution in [0.2, 0.25) is 0 Å². The van der Waals surface area contributed by atoms with Crippen LogP contribution in [-0.2, 0) is 16.4 Å². The first-order chi connectivity index (χ1) is 11.8. The Morgan fingerprint density at radius 1 is 1.20 bits per heavy atom. The molecular weight excluding hydrogens is 340 g/mol. The average Bonchev–Trinajstić information content (AvgIpc) is 2.62. The highest BCUT2D eigenvalue weighted by Crippen LogP contribution is 2.26. The van der Waals surface area contributed by atoms with Gasteiger partial charge in [-0.2, -0.15) is 0 Å². The molecule has 0 heterocycles. The number of anilines is 1. The molecule has 0 aromatic heterocycles. The summed E-state index contributed by atoms with van der Waals surface area (Å²) in [5.74, 6) is -0.199. The molecule has 2 N–H and O–H groups in total. The molecule has 0 aliphatic rings. The molecule has 0 fully saturated rings. The maximum Gasteiger partial charge on any atom is 0.255 e. The Hall–Kier alpha value is -2.38. The molecule has 0 radical (unpaired) electrons. The van der Waals surface area contributed by atoms with Gasteiger partial charge in [0.15, 0.2) is 0 Å². The monoisotopic (exact) mass is 362 g/mol. The van der Waals surface area contributed by atoms with Crippen LogP contribution in [0.25, 0.3) is 0 Å². The standard InChI is InChI=1S/C18H22N2O4S/c1-5-13-8-6-7-12(2)17(13)20-18(21)14-9-10-15(24-4)16(11-14)25(22,23)19-3/h6-11,19H,5H2,1-4H3,(H,20,21). The maximum absolute atomic E-state index is 12.6. The first-order valence-corrected chi connectivity index (χ1v) is 9.33. The van der Waals surface area contributed by atoms with Crippen LogP contribution in [0.15, 0.2) is 41.3 Å². The minimum Gasteiger partial charge on any atom is -0.495 e. The summed E-state index contributed by atoms with van der Waals surface area (Å²) in [5.41, 5.74) is 2.96. The van der Waals surface area contributed by atoms with E-state index in [0.29, 0.717) is 0 Å². The van der Waals surface area contributed by atoms with Crippen molar-refractivity contribution in [3.05, 3.63) is 53.1 Å². The number of benzene rings is 2. The Balaban J connectivity index is 2.43. The minimum atomic E-state index is -3.75. The van der Waals surface area contributed by atoms with Crippen molar-refractivity contribution in [1.82, 2.24) is 4.72 Å². The lowest BCUT2D eigenvalue weighted by atomic mass is 10.1. The van der Waals surface area contributed by atoms with Crippen molar-refractivity contribution in [3.63, 3.8) is 0 Å². The van der Waals surface area contributed by atoms with E-state index in [-0.39, 0.29) is 22.1 Å². The van der Waals surface area contributed by atoms with Gasteiger partial charge in [-0.1, -0.05) is 25.1 Å². The third-order valence-electron chi connectivity index (χ3n) is 3.96. The van der Waals surface area contributed by atoms with Crippen LogP contribution in [0, 0.1) is 6.92 Å². The summed E-state index contributed by atoms with van der Waals surface area (Å²) >= 11 is 0. The maximum atomic E-state index is 12.6. The van der Waals surface area contributed by atoms with E-state index in [1.165, 1.54) is 32.4 Å². The van der Waals surface area contributed by atoms with Crippen molar-refractivity contribution >= 4 is 21.6 Å². The number of nitrogens with one attached hydrogen (secondary N) is 2. The lowest BCUT2D eigenvalue weighted by molar-refractivity contribution is 0.102. The van der Waals surface area contributed by atoms with E-state index < -0.39 is 10.0 Å². The predicted molar refractivity (Wildman–Crippen MR) is 97.7 cm³/mol. The van der Waals surface area contributed by atoms with Gasteiger partial charge in [-0.15, -0.1) is 0 Å². The topological polar surface area (TPSA) is 84.5 Å². The Morgan fingerprint density at radius 3 is 2.52 bits per heavy atom. The highest BCUT2D eigenvalue weighted by atomic mass is 32.2. The van der Waals surface area contributed by atoms with Gasteiger partial charge < -0.3 is 10.1 Å². The van der Waals surface area contributed by atoms with Gasteiger partial charge in [-0.3, -0.25) is 4.79 Å². The van der Waals surface area contributed by atoms with Crippen LogP contribution in [0.3, 0.4) is 0 Å². The molecule has 2 aromatic rings. The first-order valence-electron chi connectivity index (χ1n) is 7.85. The zero-order valence-corrected chi connectivity index (χ0v) is 15.5. The minimum absolute atomic E-state index is 0.0781. The summed E-state index contributed by atoms with van der Waals surface area (Å²) < 4.78 is 31.6. The van der Waals surface area contributed by atoms with Crippen molar-refractivity contribution in [3.8, 4) is 5.75 Å². The third-order valence-corrected chi connectivity index (χ3v) is 5.40. The van der Waals surface area contributed by atoms with Gasteiger partial charge in [0, 0.05) is 11.3 Å². The van der Waals surface area contributed by atoms with Gasteiger partial charge in [0.2, 0.25) is 10.0 Å². The lowest BCUT2D eigenvalue weighted by Crippen LogP contribution is -2.21. The molecule has 1 amide bonds. The second kappa shape index (κ2) is 7.67. The van der Waals surface area contributed by atoms with Crippen LogP contribution in [0.5, 0.6) is 5.75 Å². The number of rotatable bonds is 6. The highest BCUT2D eigenvalue weighted by Gasteiger charge is 2.20. The fraction of sp³-hybridized carbons (Fsp3) is 0.278. The van der Waals surface area contributed by atoms with Crippen LogP contribution in [0.4, 0.5) is 5.69 Å². The number of sulfonamides is 1. The number of amides is 1. The summed E-state index contributed by atoms with van der Waals surface area (Å²) in [5, 5.41) is 2.89. The quantitative estimate of drug-likeness (QED) is 0.827. The van der Waals surface area contributed by atoms with Crippen LogP contribution in [-0.4, -0.2) is 28.5 Å². The van der Waals surface area contributed by atoms with E-state index in [0.717, 1.165) is 23.2 Å². The Bertz CT molecular complexity index is 892. The summed E-state index contributed by atoms with van der Waals surface area (Å²) in [6.45, 7) is 3.93. The molecular formula is C18H22N2O4S. The van der Waals surface area contributed by atoms with Crippen molar-refractivity contribution in [1.29, 1.82) is 0 Å². The molecule has 7 heteroatoms. The van der Waals surface area contributed by atoms with Gasteiger partial charge in [0.25, 0.3) is 5.91 Å². The molecule has 0 bridgehead atoms. The molecule has 2 aromatic carbocycles. The molecule has 0 saturated carbocycles. The van der Waals surface area contributed by atoms with Crippen LogP contribution in [0.1, 0.15) is 28.4 Å².